The van der Waals surface area contributed by atoms with Gasteiger partial charge in [-0.25, -0.2) is 14.8 Å². The average molecular weight is 452 g/mol. The van der Waals surface area contributed by atoms with E-state index >= 15 is 0 Å². The van der Waals surface area contributed by atoms with Crippen molar-refractivity contribution in [2.45, 2.75) is 18.9 Å². The average Bonchev–Trinajstić information content (AvgIpc) is 3.48. The number of para-hydroxylation sites is 1. The van der Waals surface area contributed by atoms with E-state index in [-0.39, 0.29) is 28.7 Å². The third-order valence-electron chi connectivity index (χ3n) is 5.69. The number of aryl methyl sites for hydroxylation is 1. The molecule has 1 unspecified atom stereocenters. The Bertz CT molecular complexity index is 1430. The normalized spacial score (nSPS) is 16.1. The lowest BCUT2D eigenvalue weighted by Crippen LogP contribution is -2.39. The van der Waals surface area contributed by atoms with Crippen molar-refractivity contribution in [1.29, 1.82) is 0 Å². The molecule has 0 bridgehead atoms. The van der Waals surface area contributed by atoms with Crippen LogP contribution in [0.5, 0.6) is 0 Å². The number of pyridine rings is 1. The highest BCUT2D eigenvalue weighted by Crippen LogP contribution is 2.30. The number of hydrogen-bond acceptors (Lipinski definition) is 7. The molecule has 4 aromatic rings. The quantitative estimate of drug-likeness (QED) is 0.471. The predicted octanol–water partition coefficient (Wildman–Crippen LogP) is 2.07. The van der Waals surface area contributed by atoms with Gasteiger partial charge in [0, 0.05) is 20.7 Å². The van der Waals surface area contributed by atoms with Crippen LogP contribution in [0.15, 0.2) is 46.0 Å². The Morgan fingerprint density at radius 3 is 2.72 bits per heavy atom. The number of fused-ring (bicyclic) bond motifs is 2. The fraction of sp³-hybridized carbons (Fsp3) is 0.318. The number of benzene rings is 1. The fourth-order valence-electron chi connectivity index (χ4n) is 3.93. The molecule has 0 aliphatic carbocycles. The van der Waals surface area contributed by atoms with Crippen LogP contribution in [0, 0.1) is 0 Å². The van der Waals surface area contributed by atoms with Gasteiger partial charge in [-0.1, -0.05) is 23.5 Å². The second kappa shape index (κ2) is 7.95. The third kappa shape index (κ3) is 3.41. The molecular weight excluding hydrogens is 430 g/mol. The molecule has 1 amide bonds. The van der Waals surface area contributed by atoms with Gasteiger partial charge in [0.2, 0.25) is 0 Å². The topological polar surface area (TPSA) is 99.3 Å². The summed E-state index contributed by atoms with van der Waals surface area (Å²) in [4.78, 5) is 49.0. The maximum atomic E-state index is 13.6. The van der Waals surface area contributed by atoms with E-state index < -0.39 is 11.2 Å². The van der Waals surface area contributed by atoms with E-state index in [1.807, 2.05) is 24.3 Å². The van der Waals surface area contributed by atoms with Crippen LogP contribution in [-0.4, -0.2) is 44.3 Å². The van der Waals surface area contributed by atoms with Crippen LogP contribution in [0.25, 0.3) is 21.3 Å². The number of carbonyl (C=O) groups is 1. The van der Waals surface area contributed by atoms with Crippen molar-refractivity contribution in [3.8, 4) is 0 Å². The van der Waals surface area contributed by atoms with E-state index in [9.17, 15) is 14.4 Å². The summed E-state index contributed by atoms with van der Waals surface area (Å²) in [6, 6.07) is 10.8. The van der Waals surface area contributed by atoms with Gasteiger partial charge in [0.15, 0.2) is 5.13 Å². The molecule has 1 atom stereocenters. The second-order valence-corrected chi connectivity index (χ2v) is 8.80. The molecule has 4 heterocycles. The number of amides is 1. The largest absolute Gasteiger partial charge is 0.376 e. The van der Waals surface area contributed by atoms with Gasteiger partial charge in [-0.3, -0.25) is 23.6 Å². The van der Waals surface area contributed by atoms with Crippen molar-refractivity contribution >= 4 is 43.6 Å². The smallest absolute Gasteiger partial charge is 0.332 e. The second-order valence-electron chi connectivity index (χ2n) is 7.79. The Labute approximate surface area is 186 Å². The number of carbonyl (C=O) groups excluding carboxylic acids is 1. The number of rotatable bonds is 4. The summed E-state index contributed by atoms with van der Waals surface area (Å²) in [5, 5.41) is 0.836. The molecule has 0 spiro atoms. The molecule has 9 nitrogen and oxygen atoms in total. The molecule has 1 aliphatic rings. The maximum absolute atomic E-state index is 13.6. The lowest BCUT2D eigenvalue weighted by atomic mass is 10.2. The monoisotopic (exact) mass is 451 g/mol. The Kier molecular flexibility index (Phi) is 5.10. The van der Waals surface area contributed by atoms with Crippen LogP contribution < -0.4 is 16.1 Å². The van der Waals surface area contributed by atoms with Gasteiger partial charge in [0.1, 0.15) is 11.3 Å². The van der Waals surface area contributed by atoms with Crippen molar-refractivity contribution in [2.24, 2.45) is 14.1 Å². The predicted molar refractivity (Wildman–Crippen MR) is 122 cm³/mol. The fourth-order valence-corrected chi connectivity index (χ4v) is 4.90. The Balaban J connectivity index is 1.60. The molecule has 1 fully saturated rings. The first kappa shape index (κ1) is 20.5. The standard InChI is InChI=1S/C22H21N5O4S/c1-25-18-14(19(28)26(2)22(25)30)9-10-16(23-18)20(29)27(12-13-6-5-11-31-13)21-24-15-7-3-4-8-17(15)32-21/h3-4,7-10,13H,5-6,11-12H2,1-2H3. The van der Waals surface area contributed by atoms with Crippen LogP contribution in [-0.2, 0) is 18.8 Å². The molecular formula is C22H21N5O4S. The summed E-state index contributed by atoms with van der Waals surface area (Å²) in [5.74, 6) is -0.352. The van der Waals surface area contributed by atoms with E-state index in [4.69, 9.17) is 4.74 Å². The molecule has 1 aromatic carbocycles. The van der Waals surface area contributed by atoms with Gasteiger partial charge in [-0.15, -0.1) is 0 Å². The Morgan fingerprint density at radius 1 is 1.16 bits per heavy atom. The van der Waals surface area contributed by atoms with E-state index in [0.717, 1.165) is 27.6 Å². The zero-order valence-corrected chi connectivity index (χ0v) is 18.5. The number of ether oxygens (including phenoxy) is 1. The highest BCUT2D eigenvalue weighted by molar-refractivity contribution is 7.22. The first-order chi connectivity index (χ1) is 15.4. The van der Waals surface area contributed by atoms with Crippen molar-refractivity contribution in [2.75, 3.05) is 18.1 Å². The van der Waals surface area contributed by atoms with Crippen molar-refractivity contribution in [3.05, 3.63) is 62.9 Å². The van der Waals surface area contributed by atoms with E-state index in [0.29, 0.717) is 18.3 Å². The molecule has 0 N–H and O–H groups in total. The molecule has 1 aliphatic heterocycles. The number of thiazole rings is 1. The minimum atomic E-state index is -0.498. The molecule has 5 rings (SSSR count). The summed E-state index contributed by atoms with van der Waals surface area (Å²) < 4.78 is 9.05. The zero-order chi connectivity index (χ0) is 22.4. The van der Waals surface area contributed by atoms with Crippen LogP contribution in [0.2, 0.25) is 0 Å². The number of anilines is 1. The number of nitrogens with zero attached hydrogens (tertiary/aromatic N) is 5. The van der Waals surface area contributed by atoms with E-state index in [1.54, 1.807) is 11.0 Å². The number of aromatic nitrogens is 4. The summed E-state index contributed by atoms with van der Waals surface area (Å²) in [7, 11) is 2.95. The van der Waals surface area contributed by atoms with Gasteiger partial charge < -0.3 is 4.74 Å². The molecule has 164 valence electrons. The molecule has 1 saturated heterocycles. The molecule has 0 radical (unpaired) electrons. The first-order valence-electron chi connectivity index (χ1n) is 10.3. The van der Waals surface area contributed by atoms with E-state index in [1.165, 1.54) is 36.1 Å². The van der Waals surface area contributed by atoms with Gasteiger partial charge in [-0.05, 0) is 37.1 Å². The van der Waals surface area contributed by atoms with Gasteiger partial charge in [-0.2, -0.15) is 0 Å². The third-order valence-corrected chi connectivity index (χ3v) is 6.75. The summed E-state index contributed by atoms with van der Waals surface area (Å²) in [6.07, 6.45) is 1.74. The molecule has 3 aromatic heterocycles. The van der Waals surface area contributed by atoms with Gasteiger partial charge in [0.25, 0.3) is 11.5 Å². The zero-order valence-electron chi connectivity index (χ0n) is 17.6. The van der Waals surface area contributed by atoms with Gasteiger partial charge in [0.05, 0.1) is 28.3 Å². The van der Waals surface area contributed by atoms with Crippen LogP contribution in [0.1, 0.15) is 23.3 Å². The Hall–Kier alpha value is -3.37. The van der Waals surface area contributed by atoms with Crippen molar-refractivity contribution in [1.82, 2.24) is 19.1 Å². The minimum Gasteiger partial charge on any atom is -0.376 e. The summed E-state index contributed by atoms with van der Waals surface area (Å²) in [6.45, 7) is 1.03. The highest BCUT2D eigenvalue weighted by Gasteiger charge is 2.28. The number of hydrogen-bond donors (Lipinski definition) is 0. The molecule has 10 heteroatoms. The van der Waals surface area contributed by atoms with Crippen LogP contribution in [0.3, 0.4) is 0 Å². The van der Waals surface area contributed by atoms with Crippen LogP contribution in [0.4, 0.5) is 5.13 Å². The maximum Gasteiger partial charge on any atom is 0.332 e. The minimum absolute atomic E-state index is 0.0805. The molecule has 32 heavy (non-hydrogen) atoms. The van der Waals surface area contributed by atoms with Gasteiger partial charge >= 0.3 is 5.69 Å². The highest BCUT2D eigenvalue weighted by atomic mass is 32.1. The van der Waals surface area contributed by atoms with Crippen molar-refractivity contribution < 1.29 is 9.53 Å². The summed E-state index contributed by atoms with van der Waals surface area (Å²) >= 11 is 1.43. The van der Waals surface area contributed by atoms with Crippen LogP contribution >= 0.6 is 11.3 Å². The van der Waals surface area contributed by atoms with Crippen molar-refractivity contribution in [3.63, 3.8) is 0 Å². The first-order valence-corrected chi connectivity index (χ1v) is 11.1. The summed E-state index contributed by atoms with van der Waals surface area (Å²) in [5.41, 5.74) is 0.178. The SMILES string of the molecule is Cn1c(=O)c2ccc(C(=O)N(CC3CCCO3)c3nc4ccccc4s3)nc2n(C)c1=O. The Morgan fingerprint density at radius 2 is 1.97 bits per heavy atom. The lowest BCUT2D eigenvalue weighted by Gasteiger charge is -2.23. The van der Waals surface area contributed by atoms with E-state index in [2.05, 4.69) is 9.97 Å². The lowest BCUT2D eigenvalue weighted by molar-refractivity contribution is 0.0913. The molecule has 0 saturated carbocycles.